The molecule has 3 heteroatoms. The van der Waals surface area contributed by atoms with Gasteiger partial charge in [-0.15, -0.1) is 11.3 Å². The van der Waals surface area contributed by atoms with E-state index in [1.54, 1.807) is 0 Å². The van der Waals surface area contributed by atoms with Gasteiger partial charge in [0.05, 0.1) is 5.01 Å². The summed E-state index contributed by atoms with van der Waals surface area (Å²) in [6.07, 6.45) is 4.28. The van der Waals surface area contributed by atoms with Gasteiger partial charge in [-0.05, 0) is 44.3 Å². The Balaban J connectivity index is 1.99. The van der Waals surface area contributed by atoms with Gasteiger partial charge in [0.15, 0.2) is 0 Å². The lowest BCUT2D eigenvalue weighted by molar-refractivity contribution is 0.481. The van der Waals surface area contributed by atoms with Gasteiger partial charge >= 0.3 is 0 Å². The first kappa shape index (κ1) is 14.2. The molecule has 1 unspecified atom stereocenters. The lowest BCUT2D eigenvalue weighted by atomic mass is 9.95. The largest absolute Gasteiger partial charge is 0.317 e. The highest BCUT2D eigenvalue weighted by Crippen LogP contribution is 2.19. The molecule has 102 valence electrons. The summed E-state index contributed by atoms with van der Waals surface area (Å²) in [4.78, 5) is 5.75. The molecule has 1 atom stereocenters. The molecule has 0 spiro atoms. The summed E-state index contributed by atoms with van der Waals surface area (Å²) in [7, 11) is 0. The first-order valence-corrected chi connectivity index (χ1v) is 7.75. The Morgan fingerprint density at radius 1 is 1.21 bits per heavy atom. The number of benzene rings is 1. The quantitative estimate of drug-likeness (QED) is 0.836. The van der Waals surface area contributed by atoms with Crippen LogP contribution >= 0.6 is 11.3 Å². The molecule has 2 nitrogen and oxygen atoms in total. The molecule has 0 saturated carbocycles. The molecule has 0 fully saturated rings. The smallest absolute Gasteiger partial charge is 0.0896 e. The third-order valence-electron chi connectivity index (χ3n) is 3.21. The van der Waals surface area contributed by atoms with Gasteiger partial charge in [-0.25, -0.2) is 4.98 Å². The van der Waals surface area contributed by atoms with Crippen LogP contribution in [-0.2, 0) is 12.8 Å². The summed E-state index contributed by atoms with van der Waals surface area (Å²) in [6.45, 7) is 6.34. The van der Waals surface area contributed by atoms with Crippen LogP contribution in [0.1, 0.15) is 22.4 Å². The van der Waals surface area contributed by atoms with E-state index in [1.165, 1.54) is 10.4 Å². The number of hydrogen-bond donors (Lipinski definition) is 1. The Kier molecular flexibility index (Phi) is 5.55. The van der Waals surface area contributed by atoms with Crippen LogP contribution in [-0.4, -0.2) is 18.1 Å². The summed E-state index contributed by atoms with van der Waals surface area (Å²) >= 11 is 1.82. The maximum Gasteiger partial charge on any atom is 0.0896 e. The third kappa shape index (κ3) is 4.77. The van der Waals surface area contributed by atoms with Gasteiger partial charge in [-0.2, -0.15) is 0 Å². The molecule has 1 N–H and O–H groups in total. The van der Waals surface area contributed by atoms with Crippen molar-refractivity contribution in [3.63, 3.8) is 0 Å². The van der Waals surface area contributed by atoms with Crippen molar-refractivity contribution in [2.75, 3.05) is 13.1 Å². The molecule has 2 rings (SSSR count). The number of nitrogens with zero attached hydrogens (tertiary/aromatic N) is 1. The van der Waals surface area contributed by atoms with Crippen LogP contribution in [0.5, 0.6) is 0 Å². The lowest BCUT2D eigenvalue weighted by Crippen LogP contribution is -2.25. The van der Waals surface area contributed by atoms with Crippen molar-refractivity contribution in [2.45, 2.75) is 26.7 Å². The molecule has 0 aliphatic carbocycles. The van der Waals surface area contributed by atoms with Gasteiger partial charge < -0.3 is 5.32 Å². The van der Waals surface area contributed by atoms with Crippen molar-refractivity contribution in [1.29, 1.82) is 0 Å². The normalized spacial score (nSPS) is 12.5. The van der Waals surface area contributed by atoms with Crippen LogP contribution in [0.25, 0.3) is 0 Å². The van der Waals surface area contributed by atoms with Crippen LogP contribution in [0.15, 0.2) is 36.5 Å². The number of aromatic nitrogens is 1. The highest BCUT2D eigenvalue weighted by molar-refractivity contribution is 7.11. The first-order chi connectivity index (χ1) is 9.28. The molecule has 0 aliphatic heterocycles. The number of hydrogen-bond acceptors (Lipinski definition) is 3. The number of nitrogens with one attached hydrogen (secondary N) is 1. The Bertz CT molecular complexity index is 479. The fourth-order valence-electron chi connectivity index (χ4n) is 2.30. The van der Waals surface area contributed by atoms with Crippen LogP contribution in [0.3, 0.4) is 0 Å². The van der Waals surface area contributed by atoms with E-state index >= 15 is 0 Å². The molecule has 0 bridgehead atoms. The topological polar surface area (TPSA) is 24.9 Å². The molecule has 0 amide bonds. The highest BCUT2D eigenvalue weighted by Gasteiger charge is 2.12. The SMILES string of the molecule is CCNCC(Cc1ccccc1)Cc1cnc(C)s1. The Morgan fingerprint density at radius 2 is 2.00 bits per heavy atom. The molecular weight excluding hydrogens is 252 g/mol. The zero-order valence-corrected chi connectivity index (χ0v) is 12.5. The van der Waals surface area contributed by atoms with Crippen molar-refractivity contribution >= 4 is 11.3 Å². The van der Waals surface area contributed by atoms with E-state index in [0.717, 1.165) is 30.9 Å². The van der Waals surface area contributed by atoms with Crippen LogP contribution < -0.4 is 5.32 Å². The van der Waals surface area contributed by atoms with Crippen LogP contribution in [0.4, 0.5) is 0 Å². The summed E-state index contributed by atoms with van der Waals surface area (Å²) in [6, 6.07) is 10.8. The van der Waals surface area contributed by atoms with Crippen molar-refractivity contribution in [2.24, 2.45) is 5.92 Å². The van der Waals surface area contributed by atoms with Gasteiger partial charge in [0.25, 0.3) is 0 Å². The molecule has 2 aromatic rings. The fourth-order valence-corrected chi connectivity index (χ4v) is 3.21. The second kappa shape index (κ2) is 7.41. The number of aryl methyl sites for hydroxylation is 1. The maximum absolute atomic E-state index is 4.36. The Hall–Kier alpha value is -1.19. The van der Waals surface area contributed by atoms with E-state index in [1.807, 2.05) is 17.5 Å². The second-order valence-electron chi connectivity index (χ2n) is 4.91. The van der Waals surface area contributed by atoms with Gasteiger partial charge in [0.1, 0.15) is 0 Å². The predicted octanol–water partition coefficient (Wildman–Crippen LogP) is 3.46. The van der Waals surface area contributed by atoms with Gasteiger partial charge in [-0.3, -0.25) is 0 Å². The fraction of sp³-hybridized carbons (Fsp3) is 0.438. The molecule has 0 saturated heterocycles. The lowest BCUT2D eigenvalue weighted by Gasteiger charge is -2.16. The molecule has 0 aliphatic rings. The zero-order chi connectivity index (χ0) is 13.5. The van der Waals surface area contributed by atoms with Gasteiger partial charge in [0.2, 0.25) is 0 Å². The minimum absolute atomic E-state index is 0.641. The Labute approximate surface area is 119 Å². The van der Waals surface area contributed by atoms with Crippen LogP contribution in [0, 0.1) is 12.8 Å². The van der Waals surface area contributed by atoms with Crippen LogP contribution in [0.2, 0.25) is 0 Å². The molecule has 0 radical (unpaired) electrons. The number of thiazole rings is 1. The van der Waals surface area contributed by atoms with Crippen molar-refractivity contribution < 1.29 is 0 Å². The van der Waals surface area contributed by atoms with Crippen molar-refractivity contribution in [3.05, 3.63) is 52.0 Å². The first-order valence-electron chi connectivity index (χ1n) is 6.94. The minimum Gasteiger partial charge on any atom is -0.317 e. The summed E-state index contributed by atoms with van der Waals surface area (Å²) in [5, 5.41) is 4.64. The van der Waals surface area contributed by atoms with E-state index in [0.29, 0.717) is 5.92 Å². The average molecular weight is 274 g/mol. The van der Waals surface area contributed by atoms with E-state index in [4.69, 9.17) is 0 Å². The van der Waals surface area contributed by atoms with Gasteiger partial charge in [-0.1, -0.05) is 37.3 Å². The standard InChI is InChI=1S/C16H22N2S/c1-3-17-11-15(9-14-7-5-4-6-8-14)10-16-12-18-13(2)19-16/h4-8,12,15,17H,3,9-11H2,1-2H3. The summed E-state index contributed by atoms with van der Waals surface area (Å²) in [5.41, 5.74) is 1.42. The summed E-state index contributed by atoms with van der Waals surface area (Å²) in [5.74, 6) is 0.641. The van der Waals surface area contributed by atoms with E-state index in [-0.39, 0.29) is 0 Å². The molecule has 19 heavy (non-hydrogen) atoms. The third-order valence-corrected chi connectivity index (χ3v) is 4.14. The van der Waals surface area contributed by atoms with E-state index in [2.05, 4.69) is 54.5 Å². The van der Waals surface area contributed by atoms with E-state index < -0.39 is 0 Å². The monoisotopic (exact) mass is 274 g/mol. The molecule has 1 heterocycles. The molecule has 1 aromatic carbocycles. The highest BCUT2D eigenvalue weighted by atomic mass is 32.1. The second-order valence-corrected chi connectivity index (χ2v) is 6.23. The minimum atomic E-state index is 0.641. The van der Waals surface area contributed by atoms with E-state index in [9.17, 15) is 0 Å². The van der Waals surface area contributed by atoms with Crippen molar-refractivity contribution in [3.8, 4) is 0 Å². The van der Waals surface area contributed by atoms with Gasteiger partial charge in [0, 0.05) is 11.1 Å². The average Bonchev–Trinajstić information content (AvgIpc) is 2.82. The molecule has 1 aromatic heterocycles. The zero-order valence-electron chi connectivity index (χ0n) is 11.7. The predicted molar refractivity (Wildman–Crippen MR) is 82.7 cm³/mol. The van der Waals surface area contributed by atoms with Crippen molar-refractivity contribution in [1.82, 2.24) is 10.3 Å². The molecular formula is C16H22N2S. The maximum atomic E-state index is 4.36. The summed E-state index contributed by atoms with van der Waals surface area (Å²) < 4.78 is 0. The number of rotatable bonds is 7. The Morgan fingerprint density at radius 3 is 2.63 bits per heavy atom.